The summed E-state index contributed by atoms with van der Waals surface area (Å²) in [5.74, 6) is -0.508. The van der Waals surface area contributed by atoms with Crippen LogP contribution in [0.3, 0.4) is 0 Å². The van der Waals surface area contributed by atoms with Crippen LogP contribution in [0.4, 0.5) is 5.69 Å². The van der Waals surface area contributed by atoms with Gasteiger partial charge in [-0.1, -0.05) is 54.9 Å². The largest absolute Gasteiger partial charge is 0.444 e. The van der Waals surface area contributed by atoms with E-state index < -0.39 is 5.79 Å². The van der Waals surface area contributed by atoms with Gasteiger partial charge in [-0.15, -0.1) is 0 Å². The quantitative estimate of drug-likeness (QED) is 0.503. The Labute approximate surface area is 193 Å². The lowest BCUT2D eigenvalue weighted by Gasteiger charge is -2.41. The zero-order valence-electron chi connectivity index (χ0n) is 18.1. The number of benzene rings is 3. The number of halogens is 1. The minimum absolute atomic E-state index is 0.245. The number of nitrogens with two attached hydrogens (primary N) is 1. The van der Waals surface area contributed by atoms with Gasteiger partial charge in [0.05, 0.1) is 12.2 Å². The number of hydrogen-bond acceptors (Lipinski definition) is 4. The highest BCUT2D eigenvalue weighted by molar-refractivity contribution is 6.30. The van der Waals surface area contributed by atoms with Crippen LogP contribution in [-0.2, 0) is 17.8 Å². The molecule has 0 saturated heterocycles. The second-order valence-corrected chi connectivity index (χ2v) is 8.27. The number of fused-ring (bicyclic) bond motifs is 1. The number of nitrogens with zero attached hydrogens (tertiary/aromatic N) is 1. The molecule has 4 rings (SSSR count). The lowest BCUT2D eigenvalue weighted by atomic mass is 10.1. The molecule has 3 aromatic rings. The van der Waals surface area contributed by atoms with Crippen molar-refractivity contribution in [1.82, 2.24) is 0 Å². The van der Waals surface area contributed by atoms with Gasteiger partial charge >= 0.3 is 11.7 Å². The minimum Gasteiger partial charge on any atom is -0.444 e. The third kappa shape index (κ3) is 4.59. The molecule has 1 heterocycles. The number of hydrogen-bond donors (Lipinski definition) is 1. The van der Waals surface area contributed by atoms with Gasteiger partial charge in [-0.3, -0.25) is 9.69 Å². The van der Waals surface area contributed by atoms with Crippen molar-refractivity contribution in [3.8, 4) is 11.5 Å². The molecule has 0 bridgehead atoms. The van der Waals surface area contributed by atoms with Crippen molar-refractivity contribution in [2.45, 2.75) is 38.5 Å². The molecule has 5 nitrogen and oxygen atoms in total. The van der Waals surface area contributed by atoms with E-state index in [1.54, 1.807) is 4.90 Å². The molecule has 166 valence electrons. The maximum Gasteiger partial charge on any atom is 0.332 e. The molecule has 1 amide bonds. The third-order valence-corrected chi connectivity index (χ3v) is 5.81. The zero-order valence-corrected chi connectivity index (χ0v) is 18.8. The van der Waals surface area contributed by atoms with Gasteiger partial charge in [-0.2, -0.15) is 0 Å². The predicted molar refractivity (Wildman–Crippen MR) is 127 cm³/mol. The molecule has 0 saturated carbocycles. The monoisotopic (exact) mass is 450 g/mol. The van der Waals surface area contributed by atoms with E-state index in [0.717, 1.165) is 18.4 Å². The van der Waals surface area contributed by atoms with Gasteiger partial charge < -0.3 is 15.2 Å². The highest BCUT2D eigenvalue weighted by atomic mass is 35.5. The summed E-state index contributed by atoms with van der Waals surface area (Å²) in [6.07, 6.45) is 2.18. The van der Waals surface area contributed by atoms with E-state index in [-0.39, 0.29) is 5.91 Å². The lowest BCUT2D eigenvalue weighted by molar-refractivity contribution is -0.167. The normalized spacial score (nSPS) is 17.6. The molecule has 0 radical (unpaired) electrons. The second-order valence-electron chi connectivity index (χ2n) is 7.84. The zero-order chi connectivity index (χ0) is 22.6. The summed E-state index contributed by atoms with van der Waals surface area (Å²) < 4.78 is 12.5. The van der Waals surface area contributed by atoms with Gasteiger partial charge in [0, 0.05) is 11.4 Å². The highest BCUT2D eigenvalue weighted by Crippen LogP contribution is 2.41. The topological polar surface area (TPSA) is 64.8 Å². The fourth-order valence-electron chi connectivity index (χ4n) is 3.86. The van der Waals surface area contributed by atoms with Crippen LogP contribution in [-0.4, -0.2) is 18.2 Å². The van der Waals surface area contributed by atoms with Gasteiger partial charge in [-0.25, -0.2) is 0 Å². The summed E-state index contributed by atoms with van der Waals surface area (Å²) in [6, 6.07) is 22.8. The fourth-order valence-corrected chi connectivity index (χ4v) is 4.07. The van der Waals surface area contributed by atoms with Crippen molar-refractivity contribution in [2.24, 2.45) is 5.73 Å². The predicted octanol–water partition coefficient (Wildman–Crippen LogP) is 5.34. The van der Waals surface area contributed by atoms with E-state index in [1.165, 1.54) is 5.56 Å². The van der Waals surface area contributed by atoms with E-state index in [2.05, 4.69) is 0 Å². The standard InChI is InChI=1S/C26H27ClN2O3/c1-2-26(31-22-14-12-19(13-15-22)8-6-16-28)25(30)29(18-20-7-5-9-21(27)17-20)23-10-3-4-11-24(23)32-26/h3-5,7,9-15,17H,2,6,8,16,18,28H2,1H3. The van der Waals surface area contributed by atoms with Crippen molar-refractivity contribution in [2.75, 3.05) is 11.4 Å². The molecule has 0 fully saturated rings. The average molecular weight is 451 g/mol. The van der Waals surface area contributed by atoms with Crippen LogP contribution >= 0.6 is 11.6 Å². The van der Waals surface area contributed by atoms with E-state index in [0.29, 0.717) is 41.7 Å². The number of amides is 1. The van der Waals surface area contributed by atoms with Gasteiger partial charge in [0.1, 0.15) is 11.5 Å². The number of rotatable bonds is 8. The summed E-state index contributed by atoms with van der Waals surface area (Å²) in [7, 11) is 0. The molecule has 0 spiro atoms. The highest BCUT2D eigenvalue weighted by Gasteiger charge is 2.49. The molecule has 32 heavy (non-hydrogen) atoms. The van der Waals surface area contributed by atoms with Gasteiger partial charge in [-0.05, 0) is 66.9 Å². The van der Waals surface area contributed by atoms with E-state index in [9.17, 15) is 4.79 Å². The Kier molecular flexibility index (Phi) is 6.68. The molecule has 0 aromatic heterocycles. The van der Waals surface area contributed by atoms with Crippen molar-refractivity contribution in [3.05, 3.63) is 88.9 Å². The number of aryl methyl sites for hydroxylation is 1. The van der Waals surface area contributed by atoms with E-state index in [4.69, 9.17) is 26.8 Å². The van der Waals surface area contributed by atoms with Gasteiger partial charge in [0.2, 0.25) is 0 Å². The minimum atomic E-state index is -1.45. The van der Waals surface area contributed by atoms with Crippen LogP contribution in [0.25, 0.3) is 0 Å². The Morgan fingerprint density at radius 2 is 1.81 bits per heavy atom. The first-order chi connectivity index (χ1) is 15.5. The first-order valence-corrected chi connectivity index (χ1v) is 11.2. The molecular formula is C26H27ClN2O3. The third-order valence-electron chi connectivity index (χ3n) is 5.57. The lowest BCUT2D eigenvalue weighted by Crippen LogP contribution is -2.59. The number of carbonyl (C=O) groups is 1. The Balaban J connectivity index is 1.65. The van der Waals surface area contributed by atoms with Crippen LogP contribution in [0.15, 0.2) is 72.8 Å². The number of para-hydroxylation sites is 2. The molecule has 2 N–H and O–H groups in total. The molecule has 3 aromatic carbocycles. The Morgan fingerprint density at radius 3 is 2.53 bits per heavy atom. The summed E-state index contributed by atoms with van der Waals surface area (Å²) in [4.78, 5) is 15.5. The Hall–Kier alpha value is -3.02. The smallest absolute Gasteiger partial charge is 0.332 e. The summed E-state index contributed by atoms with van der Waals surface area (Å²) in [5, 5.41) is 0.629. The molecule has 1 unspecified atom stereocenters. The molecule has 1 aliphatic heterocycles. The maximum absolute atomic E-state index is 13.8. The SMILES string of the molecule is CCC1(Oc2ccc(CCCN)cc2)Oc2ccccc2N(Cc2cccc(Cl)c2)C1=O. The average Bonchev–Trinajstić information content (AvgIpc) is 2.81. The van der Waals surface area contributed by atoms with Crippen molar-refractivity contribution < 1.29 is 14.3 Å². The van der Waals surface area contributed by atoms with Crippen LogP contribution in [0.1, 0.15) is 30.9 Å². The maximum atomic E-state index is 13.8. The Bertz CT molecular complexity index is 1090. The van der Waals surface area contributed by atoms with Crippen LogP contribution < -0.4 is 20.1 Å². The van der Waals surface area contributed by atoms with Gasteiger partial charge in [0.25, 0.3) is 0 Å². The van der Waals surface area contributed by atoms with Gasteiger partial charge in [0.15, 0.2) is 0 Å². The fraction of sp³-hybridized carbons (Fsp3) is 0.269. The van der Waals surface area contributed by atoms with Crippen LogP contribution in [0.5, 0.6) is 11.5 Å². The summed E-state index contributed by atoms with van der Waals surface area (Å²) in [6.45, 7) is 2.91. The molecule has 6 heteroatoms. The first kappa shape index (κ1) is 22.2. The van der Waals surface area contributed by atoms with Crippen molar-refractivity contribution in [1.29, 1.82) is 0 Å². The first-order valence-electron chi connectivity index (χ1n) is 10.9. The van der Waals surface area contributed by atoms with Crippen LogP contribution in [0.2, 0.25) is 5.02 Å². The number of ether oxygens (including phenoxy) is 2. The number of anilines is 1. The van der Waals surface area contributed by atoms with Crippen LogP contribution in [0, 0.1) is 0 Å². The summed E-state index contributed by atoms with van der Waals surface area (Å²) in [5.41, 5.74) is 8.42. The summed E-state index contributed by atoms with van der Waals surface area (Å²) >= 11 is 6.17. The molecule has 1 aliphatic rings. The van der Waals surface area contributed by atoms with Crippen molar-refractivity contribution >= 4 is 23.2 Å². The van der Waals surface area contributed by atoms with E-state index >= 15 is 0 Å². The molecule has 1 atom stereocenters. The number of carbonyl (C=O) groups excluding carboxylic acids is 1. The Morgan fingerprint density at radius 1 is 1.03 bits per heavy atom. The van der Waals surface area contributed by atoms with Crippen molar-refractivity contribution in [3.63, 3.8) is 0 Å². The molecule has 0 aliphatic carbocycles. The van der Waals surface area contributed by atoms with E-state index in [1.807, 2.05) is 79.7 Å². The molecular weight excluding hydrogens is 424 g/mol. The second kappa shape index (κ2) is 9.63.